The quantitative estimate of drug-likeness (QED) is 0.141. The number of aliphatic hydroxyl groups is 9. The number of epoxide rings is 1. The number of ether oxygens (including phenoxy) is 6. The lowest BCUT2D eigenvalue weighted by atomic mass is 9.85. The van der Waals surface area contributed by atoms with E-state index in [2.05, 4.69) is 0 Å². The standard InChI is InChI=1S/C21H32O15/c22-3-7-11(25)13(27)15(29)19(33-7)32-4-8-12(26)14(28)16(30)20(34-8)35-18-9-6(1-2-31-18)10(24)17-21(9,5-23)36-17/h1-2,6-20,22-30H,3-5H2/t6-,7-,8-,9+,10-,11-,12+,13+,14+,15-,16-,17-,18-,19-,20+,21+/m0/s1. The minimum atomic E-state index is -1.74. The van der Waals surface area contributed by atoms with Crippen molar-refractivity contribution in [2.45, 2.75) is 85.5 Å². The average Bonchev–Trinajstić information content (AvgIpc) is 3.57. The van der Waals surface area contributed by atoms with Crippen molar-refractivity contribution in [3.05, 3.63) is 12.3 Å². The molecule has 0 aromatic rings. The molecule has 15 nitrogen and oxygen atoms in total. The van der Waals surface area contributed by atoms with Gasteiger partial charge in [-0.1, -0.05) is 0 Å². The molecule has 5 rings (SSSR count). The van der Waals surface area contributed by atoms with Gasteiger partial charge in [-0.3, -0.25) is 0 Å². The molecule has 36 heavy (non-hydrogen) atoms. The Morgan fingerprint density at radius 2 is 1.36 bits per heavy atom. The van der Waals surface area contributed by atoms with Gasteiger partial charge in [0.25, 0.3) is 0 Å². The molecule has 3 saturated heterocycles. The molecule has 0 amide bonds. The van der Waals surface area contributed by atoms with Crippen molar-refractivity contribution in [2.75, 3.05) is 19.8 Å². The van der Waals surface area contributed by atoms with E-state index in [9.17, 15) is 46.0 Å². The molecule has 5 aliphatic rings. The molecule has 0 spiro atoms. The van der Waals surface area contributed by atoms with Crippen LogP contribution in [0.25, 0.3) is 0 Å². The van der Waals surface area contributed by atoms with Gasteiger partial charge in [0.1, 0.15) is 60.5 Å². The zero-order valence-electron chi connectivity index (χ0n) is 18.9. The maximum atomic E-state index is 10.5. The second-order valence-corrected chi connectivity index (χ2v) is 9.76. The summed E-state index contributed by atoms with van der Waals surface area (Å²) in [4.78, 5) is 0. The van der Waals surface area contributed by atoms with Crippen molar-refractivity contribution in [3.8, 4) is 0 Å². The maximum absolute atomic E-state index is 10.5. The first kappa shape index (κ1) is 26.6. The van der Waals surface area contributed by atoms with Crippen molar-refractivity contribution >= 4 is 0 Å². The largest absolute Gasteiger partial charge is 0.472 e. The van der Waals surface area contributed by atoms with Crippen molar-refractivity contribution in [3.63, 3.8) is 0 Å². The molecule has 0 aromatic carbocycles. The number of hydrogen-bond donors (Lipinski definition) is 9. The lowest BCUT2D eigenvalue weighted by Gasteiger charge is -2.44. The summed E-state index contributed by atoms with van der Waals surface area (Å²) >= 11 is 0. The smallest absolute Gasteiger partial charge is 0.208 e. The van der Waals surface area contributed by atoms with E-state index in [1.54, 1.807) is 6.08 Å². The Morgan fingerprint density at radius 1 is 0.722 bits per heavy atom. The summed E-state index contributed by atoms with van der Waals surface area (Å²) in [6, 6.07) is 0. The van der Waals surface area contributed by atoms with Crippen LogP contribution in [0, 0.1) is 11.8 Å². The summed E-state index contributed by atoms with van der Waals surface area (Å²) in [7, 11) is 0. The zero-order chi connectivity index (χ0) is 25.9. The van der Waals surface area contributed by atoms with Crippen LogP contribution in [0.15, 0.2) is 12.3 Å². The van der Waals surface area contributed by atoms with Crippen LogP contribution < -0.4 is 0 Å². The average molecular weight is 524 g/mol. The van der Waals surface area contributed by atoms with Gasteiger partial charge in [0, 0.05) is 5.92 Å². The number of aliphatic hydroxyl groups excluding tert-OH is 9. The Morgan fingerprint density at radius 3 is 2.03 bits per heavy atom. The molecule has 206 valence electrons. The van der Waals surface area contributed by atoms with Gasteiger partial charge in [0.15, 0.2) is 12.6 Å². The van der Waals surface area contributed by atoms with E-state index in [-0.39, 0.29) is 0 Å². The van der Waals surface area contributed by atoms with E-state index in [1.807, 2.05) is 0 Å². The summed E-state index contributed by atoms with van der Waals surface area (Å²) in [5.74, 6) is -1.12. The molecule has 0 bridgehead atoms. The summed E-state index contributed by atoms with van der Waals surface area (Å²) in [5.41, 5.74) is -1.09. The van der Waals surface area contributed by atoms with Gasteiger partial charge in [0.05, 0.1) is 38.1 Å². The van der Waals surface area contributed by atoms with Gasteiger partial charge in [-0.2, -0.15) is 0 Å². The van der Waals surface area contributed by atoms with Crippen LogP contribution in [0.3, 0.4) is 0 Å². The molecule has 4 fully saturated rings. The normalized spacial score (nSPS) is 56.1. The van der Waals surface area contributed by atoms with Crippen molar-refractivity contribution < 1.29 is 74.4 Å². The van der Waals surface area contributed by atoms with Gasteiger partial charge < -0.3 is 74.4 Å². The highest BCUT2D eigenvalue weighted by atomic mass is 16.8. The number of fused-ring (bicyclic) bond motifs is 3. The highest BCUT2D eigenvalue weighted by molar-refractivity contribution is 5.24. The Hall–Kier alpha value is -1.02. The lowest BCUT2D eigenvalue weighted by Crippen LogP contribution is -2.62. The first-order valence-electron chi connectivity index (χ1n) is 11.7. The second kappa shape index (κ2) is 9.94. The van der Waals surface area contributed by atoms with Crippen molar-refractivity contribution in [1.82, 2.24) is 0 Å². The number of hydrogen-bond acceptors (Lipinski definition) is 15. The van der Waals surface area contributed by atoms with Crippen LogP contribution in [0.5, 0.6) is 0 Å². The van der Waals surface area contributed by atoms with Gasteiger partial charge in [-0.05, 0) is 6.08 Å². The Bertz CT molecular complexity index is 812. The van der Waals surface area contributed by atoms with Crippen molar-refractivity contribution in [2.24, 2.45) is 11.8 Å². The van der Waals surface area contributed by atoms with Crippen LogP contribution in [0.4, 0.5) is 0 Å². The first-order chi connectivity index (χ1) is 17.1. The summed E-state index contributed by atoms with van der Waals surface area (Å²) in [6.07, 6.45) is -15.4. The molecular weight excluding hydrogens is 492 g/mol. The topological polar surface area (TPSA) is 241 Å². The molecule has 1 aliphatic carbocycles. The maximum Gasteiger partial charge on any atom is 0.208 e. The predicted molar refractivity (Wildman–Crippen MR) is 109 cm³/mol. The van der Waals surface area contributed by atoms with Gasteiger partial charge >= 0.3 is 0 Å². The number of rotatable bonds is 7. The van der Waals surface area contributed by atoms with Crippen LogP contribution >= 0.6 is 0 Å². The summed E-state index contributed by atoms with van der Waals surface area (Å²) in [6.45, 7) is -1.59. The second-order valence-electron chi connectivity index (χ2n) is 9.76. The van der Waals surface area contributed by atoms with Gasteiger partial charge in [0.2, 0.25) is 6.29 Å². The fourth-order valence-corrected chi connectivity index (χ4v) is 5.56. The van der Waals surface area contributed by atoms with Gasteiger partial charge in [-0.25, -0.2) is 0 Å². The molecule has 0 radical (unpaired) electrons. The fraction of sp³-hybridized carbons (Fsp3) is 0.905. The monoisotopic (exact) mass is 524 g/mol. The van der Waals surface area contributed by atoms with E-state index in [0.29, 0.717) is 0 Å². The summed E-state index contributed by atoms with van der Waals surface area (Å²) in [5, 5.41) is 90.8. The Kier molecular flexibility index (Phi) is 7.34. The van der Waals surface area contributed by atoms with Crippen LogP contribution in [0.2, 0.25) is 0 Å². The molecule has 0 unspecified atom stereocenters. The van der Waals surface area contributed by atoms with E-state index in [4.69, 9.17) is 28.4 Å². The van der Waals surface area contributed by atoms with Crippen LogP contribution in [-0.4, -0.2) is 151 Å². The van der Waals surface area contributed by atoms with Gasteiger partial charge in [-0.15, -0.1) is 0 Å². The molecule has 0 aromatic heterocycles. The summed E-state index contributed by atoms with van der Waals surface area (Å²) < 4.78 is 33.1. The minimum absolute atomic E-state index is 0.405. The molecule has 16 atom stereocenters. The van der Waals surface area contributed by atoms with E-state index in [1.165, 1.54) is 6.26 Å². The lowest BCUT2D eigenvalue weighted by molar-refractivity contribution is -0.355. The third-order valence-electron chi connectivity index (χ3n) is 7.72. The molecule has 4 heterocycles. The highest BCUT2D eigenvalue weighted by Crippen LogP contribution is 2.59. The highest BCUT2D eigenvalue weighted by Gasteiger charge is 2.75. The Labute approximate surface area is 204 Å². The molecule has 9 N–H and O–H groups in total. The molecule has 1 saturated carbocycles. The van der Waals surface area contributed by atoms with E-state index < -0.39 is 117 Å². The van der Waals surface area contributed by atoms with Crippen LogP contribution in [0.1, 0.15) is 0 Å². The fourth-order valence-electron chi connectivity index (χ4n) is 5.56. The molecule has 4 aliphatic heterocycles. The third-order valence-corrected chi connectivity index (χ3v) is 7.72. The van der Waals surface area contributed by atoms with E-state index in [0.717, 1.165) is 0 Å². The Balaban J connectivity index is 1.25. The SMILES string of the molecule is OC[C@@H]1O[C@H](OC[C@@H]2O[C@H](O[C@@H]3OC=C[C@@H]4[C@H](O)[C@@H]5O[C@]5(CO)[C@@H]34)[C@@H](O)[C@H](O)[C@@H]2O)[C@@H](O)[C@H](O)[C@H]1O. The van der Waals surface area contributed by atoms with Crippen molar-refractivity contribution in [1.29, 1.82) is 0 Å². The third kappa shape index (κ3) is 4.17. The molecular formula is C21H32O15. The van der Waals surface area contributed by atoms with E-state index >= 15 is 0 Å². The first-order valence-corrected chi connectivity index (χ1v) is 11.7. The molecule has 15 heteroatoms. The van der Waals surface area contributed by atoms with Crippen LogP contribution in [-0.2, 0) is 28.4 Å². The zero-order valence-corrected chi connectivity index (χ0v) is 18.9. The minimum Gasteiger partial charge on any atom is -0.472 e. The predicted octanol–water partition coefficient (Wildman–Crippen LogP) is -5.77.